The zero-order valence-corrected chi connectivity index (χ0v) is 27.0. The number of rotatable bonds is 14. The number of hydrogen-bond donors (Lipinski definition) is 3. The van der Waals surface area contributed by atoms with Gasteiger partial charge in [-0.15, -0.1) is 0 Å². The lowest BCUT2D eigenvalue weighted by molar-refractivity contribution is -0.253. The largest absolute Gasteiger partial charge is 0.481 e. The molecule has 0 bridgehead atoms. The molecular formula is C39H44N2O6. The van der Waals surface area contributed by atoms with Gasteiger partial charge < -0.3 is 25.0 Å². The van der Waals surface area contributed by atoms with E-state index in [2.05, 4.69) is 48.5 Å². The summed E-state index contributed by atoms with van der Waals surface area (Å²) in [7, 11) is 2.13. The molecule has 0 radical (unpaired) electrons. The minimum atomic E-state index is -0.900. The molecule has 246 valence electrons. The van der Waals surface area contributed by atoms with Gasteiger partial charge in [-0.2, -0.15) is 0 Å². The first-order valence-corrected chi connectivity index (χ1v) is 16.2. The molecule has 4 aromatic rings. The molecule has 0 unspecified atom stereocenters. The minimum Gasteiger partial charge on any atom is -0.481 e. The van der Waals surface area contributed by atoms with E-state index in [0.29, 0.717) is 19.4 Å². The number of ether oxygens (including phenoxy) is 2. The number of aliphatic hydroxyl groups is 1. The second kappa shape index (κ2) is 16.5. The van der Waals surface area contributed by atoms with E-state index in [1.54, 1.807) is 0 Å². The molecule has 8 nitrogen and oxygen atoms in total. The number of aliphatic hydroxyl groups excluding tert-OH is 1. The SMILES string of the molecule is C[C@@H](c1ccccc1)N(C)C[C@H]1C[C@@H](c2ccc(CO)cc2)O[C@@H](c2ccc(-c3ccccc3CNC(=O)CCCC(=O)O)cc2)O1. The molecule has 1 fully saturated rings. The normalized spacial score (nSPS) is 18.5. The second-order valence-electron chi connectivity index (χ2n) is 12.2. The molecular weight excluding hydrogens is 592 g/mol. The number of carbonyl (C=O) groups excluding carboxylic acids is 1. The molecule has 4 aromatic carbocycles. The van der Waals surface area contributed by atoms with Gasteiger partial charge in [-0.3, -0.25) is 14.5 Å². The molecule has 1 aliphatic heterocycles. The monoisotopic (exact) mass is 636 g/mol. The summed E-state index contributed by atoms with van der Waals surface area (Å²) in [5.41, 5.74) is 7.06. The van der Waals surface area contributed by atoms with E-state index in [0.717, 1.165) is 39.9 Å². The van der Waals surface area contributed by atoms with Crippen LogP contribution in [0.2, 0.25) is 0 Å². The van der Waals surface area contributed by atoms with Crippen LogP contribution in [0.3, 0.4) is 0 Å². The average Bonchev–Trinajstić information content (AvgIpc) is 3.10. The number of nitrogens with one attached hydrogen (secondary N) is 1. The van der Waals surface area contributed by atoms with Gasteiger partial charge in [0.15, 0.2) is 6.29 Å². The summed E-state index contributed by atoms with van der Waals surface area (Å²) in [6.45, 7) is 3.29. The van der Waals surface area contributed by atoms with Gasteiger partial charge in [0.1, 0.15) is 0 Å². The number of benzene rings is 4. The molecule has 5 rings (SSSR count). The third kappa shape index (κ3) is 9.36. The Kier molecular flexibility index (Phi) is 11.9. The highest BCUT2D eigenvalue weighted by Crippen LogP contribution is 2.39. The maximum atomic E-state index is 12.3. The van der Waals surface area contributed by atoms with Crippen molar-refractivity contribution in [2.24, 2.45) is 0 Å². The van der Waals surface area contributed by atoms with Crippen LogP contribution in [0, 0.1) is 0 Å². The van der Waals surface area contributed by atoms with Crippen LogP contribution in [0.25, 0.3) is 11.1 Å². The van der Waals surface area contributed by atoms with Crippen molar-refractivity contribution in [3.05, 3.63) is 131 Å². The fourth-order valence-electron chi connectivity index (χ4n) is 5.96. The van der Waals surface area contributed by atoms with Crippen molar-refractivity contribution < 1.29 is 29.3 Å². The molecule has 4 atom stereocenters. The molecule has 3 N–H and O–H groups in total. The summed E-state index contributed by atoms with van der Waals surface area (Å²) < 4.78 is 13.2. The first-order valence-electron chi connectivity index (χ1n) is 16.2. The zero-order valence-electron chi connectivity index (χ0n) is 27.0. The number of carboxylic acids is 1. The lowest BCUT2D eigenvalue weighted by atomic mass is 9.97. The molecule has 1 amide bonds. The van der Waals surface area contributed by atoms with E-state index < -0.39 is 12.3 Å². The predicted octanol–water partition coefficient (Wildman–Crippen LogP) is 6.96. The highest BCUT2D eigenvalue weighted by Gasteiger charge is 2.33. The van der Waals surface area contributed by atoms with Crippen LogP contribution in [-0.4, -0.2) is 46.7 Å². The molecule has 0 spiro atoms. The quantitative estimate of drug-likeness (QED) is 0.137. The number of aliphatic carboxylic acids is 1. The number of nitrogens with zero attached hydrogens (tertiary/aromatic N) is 1. The van der Waals surface area contributed by atoms with Gasteiger partial charge in [0, 0.05) is 44.0 Å². The van der Waals surface area contributed by atoms with Crippen LogP contribution in [0.1, 0.15) is 78.9 Å². The molecule has 0 aliphatic carbocycles. The van der Waals surface area contributed by atoms with Crippen molar-refractivity contribution in [3.8, 4) is 11.1 Å². The Bertz CT molecular complexity index is 1590. The average molecular weight is 637 g/mol. The van der Waals surface area contributed by atoms with E-state index in [1.165, 1.54) is 5.56 Å². The highest BCUT2D eigenvalue weighted by atomic mass is 16.7. The Morgan fingerprint density at radius 2 is 1.55 bits per heavy atom. The van der Waals surface area contributed by atoms with Gasteiger partial charge in [0.05, 0.1) is 18.8 Å². The molecule has 8 heteroatoms. The first kappa shape index (κ1) is 34.0. The van der Waals surface area contributed by atoms with Gasteiger partial charge in [-0.05, 0) is 53.8 Å². The summed E-state index contributed by atoms with van der Waals surface area (Å²) in [5.74, 6) is -1.06. The molecule has 1 aliphatic rings. The summed E-state index contributed by atoms with van der Waals surface area (Å²) in [6.07, 6.45) is 0.358. The number of carbonyl (C=O) groups is 2. The summed E-state index contributed by atoms with van der Waals surface area (Å²) >= 11 is 0. The van der Waals surface area contributed by atoms with Crippen molar-refractivity contribution in [1.29, 1.82) is 0 Å². The van der Waals surface area contributed by atoms with E-state index in [-0.39, 0.29) is 43.6 Å². The fourth-order valence-corrected chi connectivity index (χ4v) is 5.96. The number of hydrogen-bond acceptors (Lipinski definition) is 6. The standard InChI is InChI=1S/C39H44N2O6/c1-27(29-9-4-3-5-10-29)41(2)25-34-23-36(31-17-15-28(26-42)16-18-31)47-39(46-34)32-21-19-30(20-22-32)35-12-7-6-11-33(35)24-40-37(43)13-8-14-38(44)45/h3-7,9-12,15-22,27,34,36,39,42H,8,13-14,23-26H2,1-2H3,(H,40,43)(H,44,45)/t27-,34+,36-,39-/m0/s1. The lowest BCUT2D eigenvalue weighted by Gasteiger charge is -2.39. The first-order chi connectivity index (χ1) is 22.8. The second-order valence-corrected chi connectivity index (χ2v) is 12.2. The third-order valence-corrected chi connectivity index (χ3v) is 8.83. The van der Waals surface area contributed by atoms with E-state index in [4.69, 9.17) is 14.6 Å². The lowest BCUT2D eigenvalue weighted by Crippen LogP contribution is -2.38. The van der Waals surface area contributed by atoms with Gasteiger partial charge in [0.25, 0.3) is 0 Å². The van der Waals surface area contributed by atoms with Crippen LogP contribution < -0.4 is 5.32 Å². The number of likely N-dealkylation sites (N-methyl/N-ethyl adjacent to an activating group) is 1. The van der Waals surface area contributed by atoms with E-state index in [9.17, 15) is 14.7 Å². The number of amides is 1. The summed E-state index contributed by atoms with van der Waals surface area (Å²) in [6, 6.07) is 34.7. The van der Waals surface area contributed by atoms with Crippen molar-refractivity contribution in [2.45, 2.75) is 70.3 Å². The van der Waals surface area contributed by atoms with Crippen LogP contribution in [-0.2, 0) is 32.2 Å². The van der Waals surface area contributed by atoms with Gasteiger partial charge in [-0.25, -0.2) is 0 Å². The van der Waals surface area contributed by atoms with Crippen molar-refractivity contribution in [3.63, 3.8) is 0 Å². The van der Waals surface area contributed by atoms with Gasteiger partial charge in [-0.1, -0.05) is 103 Å². The summed E-state index contributed by atoms with van der Waals surface area (Å²) in [5, 5.41) is 21.3. The third-order valence-electron chi connectivity index (χ3n) is 8.83. The Morgan fingerprint density at radius 1 is 0.872 bits per heavy atom. The number of carboxylic acid groups (broad SMARTS) is 1. The van der Waals surface area contributed by atoms with E-state index >= 15 is 0 Å². The Balaban J connectivity index is 1.31. The Hall–Kier alpha value is -4.34. The van der Waals surface area contributed by atoms with Gasteiger partial charge in [0.2, 0.25) is 5.91 Å². The molecule has 1 saturated heterocycles. The van der Waals surface area contributed by atoms with Crippen molar-refractivity contribution >= 4 is 11.9 Å². The molecule has 1 heterocycles. The van der Waals surface area contributed by atoms with Crippen LogP contribution >= 0.6 is 0 Å². The van der Waals surface area contributed by atoms with Crippen LogP contribution in [0.15, 0.2) is 103 Å². The van der Waals surface area contributed by atoms with Crippen LogP contribution in [0.5, 0.6) is 0 Å². The smallest absolute Gasteiger partial charge is 0.303 e. The predicted molar refractivity (Wildman–Crippen MR) is 181 cm³/mol. The topological polar surface area (TPSA) is 108 Å². The Labute approximate surface area is 277 Å². The minimum absolute atomic E-state index is 0.00300. The maximum absolute atomic E-state index is 12.3. The molecule has 47 heavy (non-hydrogen) atoms. The van der Waals surface area contributed by atoms with Gasteiger partial charge >= 0.3 is 5.97 Å². The van der Waals surface area contributed by atoms with Crippen molar-refractivity contribution in [1.82, 2.24) is 10.2 Å². The zero-order chi connectivity index (χ0) is 33.2. The summed E-state index contributed by atoms with van der Waals surface area (Å²) in [4.78, 5) is 25.4. The highest BCUT2D eigenvalue weighted by molar-refractivity contribution is 5.77. The van der Waals surface area contributed by atoms with Crippen molar-refractivity contribution in [2.75, 3.05) is 13.6 Å². The maximum Gasteiger partial charge on any atom is 0.303 e. The fraction of sp³-hybridized carbons (Fsp3) is 0.333. The molecule has 0 saturated carbocycles. The molecule has 0 aromatic heterocycles. The van der Waals surface area contributed by atoms with Crippen LogP contribution in [0.4, 0.5) is 0 Å². The van der Waals surface area contributed by atoms with E-state index in [1.807, 2.05) is 78.9 Å². The Morgan fingerprint density at radius 3 is 2.26 bits per heavy atom.